The molecule has 16 heavy (non-hydrogen) atoms. The second-order valence-corrected chi connectivity index (χ2v) is 4.23. The van der Waals surface area contributed by atoms with Gasteiger partial charge in [-0.15, -0.1) is 0 Å². The topological polar surface area (TPSA) is 69.4 Å². The maximum Gasteiger partial charge on any atom is 0.334 e. The number of carbonyl (C=O) groups is 2. The third-order valence-corrected chi connectivity index (χ3v) is 2.87. The smallest absolute Gasteiger partial charge is 0.334 e. The average Bonchev–Trinajstić information content (AvgIpc) is 2.24. The van der Waals surface area contributed by atoms with Gasteiger partial charge in [-0.2, -0.15) is 0 Å². The van der Waals surface area contributed by atoms with Crippen LogP contribution in [0, 0.1) is 11.8 Å². The van der Waals surface area contributed by atoms with Gasteiger partial charge in [-0.05, 0) is 25.2 Å². The van der Waals surface area contributed by atoms with Crippen molar-refractivity contribution in [3.05, 3.63) is 11.6 Å². The van der Waals surface area contributed by atoms with Crippen molar-refractivity contribution in [2.24, 2.45) is 17.6 Å². The van der Waals surface area contributed by atoms with Crippen LogP contribution in [-0.2, 0) is 14.3 Å². The van der Waals surface area contributed by atoms with Crippen molar-refractivity contribution >= 4 is 11.9 Å². The molecular weight excluding hydrogens is 206 g/mol. The van der Waals surface area contributed by atoms with E-state index in [0.717, 1.165) is 19.3 Å². The van der Waals surface area contributed by atoms with Crippen molar-refractivity contribution in [1.82, 2.24) is 0 Å². The van der Waals surface area contributed by atoms with Crippen LogP contribution in [0.2, 0.25) is 0 Å². The van der Waals surface area contributed by atoms with Crippen LogP contribution in [-0.4, -0.2) is 18.5 Å². The first kappa shape index (κ1) is 12.7. The maximum atomic E-state index is 11.7. The van der Waals surface area contributed by atoms with Gasteiger partial charge in [0.15, 0.2) is 0 Å². The number of allylic oxidation sites excluding steroid dienone is 1. The molecule has 0 aliphatic heterocycles. The molecule has 0 spiro atoms. The first-order chi connectivity index (χ1) is 7.57. The largest absolute Gasteiger partial charge is 0.462 e. The zero-order chi connectivity index (χ0) is 12.1. The van der Waals surface area contributed by atoms with Gasteiger partial charge in [-0.3, -0.25) is 4.79 Å². The average molecular weight is 225 g/mol. The Morgan fingerprint density at radius 2 is 2.25 bits per heavy atom. The molecule has 90 valence electrons. The molecule has 1 rings (SSSR count). The van der Waals surface area contributed by atoms with Crippen LogP contribution in [0.5, 0.6) is 0 Å². The summed E-state index contributed by atoms with van der Waals surface area (Å²) in [7, 11) is 0. The molecule has 1 aliphatic rings. The fraction of sp³-hybridized carbons (Fsp3) is 0.667. The van der Waals surface area contributed by atoms with Crippen LogP contribution >= 0.6 is 0 Å². The van der Waals surface area contributed by atoms with E-state index in [9.17, 15) is 9.59 Å². The summed E-state index contributed by atoms with van der Waals surface area (Å²) in [5.74, 6) is -1.20. The van der Waals surface area contributed by atoms with Crippen molar-refractivity contribution in [3.8, 4) is 0 Å². The molecular formula is C12H19NO3. The van der Waals surface area contributed by atoms with Crippen LogP contribution in [0.25, 0.3) is 0 Å². The molecule has 0 bridgehead atoms. The highest BCUT2D eigenvalue weighted by Gasteiger charge is 2.33. The van der Waals surface area contributed by atoms with E-state index in [-0.39, 0.29) is 5.92 Å². The van der Waals surface area contributed by atoms with Crippen LogP contribution in [0.1, 0.15) is 33.1 Å². The molecule has 0 aromatic carbocycles. The Balaban J connectivity index is 2.79. The lowest BCUT2D eigenvalue weighted by atomic mass is 9.79. The van der Waals surface area contributed by atoms with E-state index in [1.165, 1.54) is 0 Å². The normalized spacial score (nSPS) is 24.8. The summed E-state index contributed by atoms with van der Waals surface area (Å²) in [6.07, 6.45) is 4.25. The van der Waals surface area contributed by atoms with Crippen molar-refractivity contribution in [1.29, 1.82) is 0 Å². The van der Waals surface area contributed by atoms with Gasteiger partial charge in [0.1, 0.15) is 0 Å². The van der Waals surface area contributed by atoms with Gasteiger partial charge >= 0.3 is 5.97 Å². The van der Waals surface area contributed by atoms with Crippen LogP contribution in [0.15, 0.2) is 11.6 Å². The third-order valence-electron chi connectivity index (χ3n) is 2.87. The lowest BCUT2D eigenvalue weighted by molar-refractivity contribution is -0.141. The Morgan fingerprint density at radius 1 is 1.56 bits per heavy atom. The SMILES string of the molecule is CCCOC(=O)C1=CCCC(C)C1C(N)=O. The van der Waals surface area contributed by atoms with Gasteiger partial charge in [0.05, 0.1) is 12.5 Å². The Hall–Kier alpha value is -1.32. The number of nitrogens with two attached hydrogens (primary N) is 1. The second kappa shape index (κ2) is 5.68. The van der Waals surface area contributed by atoms with Gasteiger partial charge in [0.25, 0.3) is 0 Å². The minimum absolute atomic E-state index is 0.117. The van der Waals surface area contributed by atoms with Gasteiger partial charge in [-0.1, -0.05) is 19.9 Å². The van der Waals surface area contributed by atoms with Crippen molar-refractivity contribution in [2.75, 3.05) is 6.61 Å². The summed E-state index contributed by atoms with van der Waals surface area (Å²) in [6.45, 7) is 4.25. The predicted octanol–water partition coefficient (Wildman–Crippen LogP) is 1.40. The number of esters is 1. The Kier molecular flexibility index (Phi) is 4.52. The molecule has 0 saturated heterocycles. The number of primary amides is 1. The quantitative estimate of drug-likeness (QED) is 0.735. The van der Waals surface area contributed by atoms with E-state index in [1.807, 2.05) is 13.8 Å². The van der Waals surface area contributed by atoms with E-state index in [4.69, 9.17) is 10.5 Å². The first-order valence-corrected chi connectivity index (χ1v) is 5.74. The molecule has 1 amide bonds. The van der Waals surface area contributed by atoms with E-state index < -0.39 is 17.8 Å². The molecule has 0 saturated carbocycles. The number of rotatable bonds is 4. The fourth-order valence-electron chi connectivity index (χ4n) is 2.02. The van der Waals surface area contributed by atoms with E-state index in [1.54, 1.807) is 6.08 Å². The highest BCUT2D eigenvalue weighted by Crippen LogP contribution is 2.30. The fourth-order valence-corrected chi connectivity index (χ4v) is 2.02. The lowest BCUT2D eigenvalue weighted by Crippen LogP contribution is -2.35. The monoisotopic (exact) mass is 225 g/mol. The highest BCUT2D eigenvalue weighted by atomic mass is 16.5. The zero-order valence-electron chi connectivity index (χ0n) is 9.86. The van der Waals surface area contributed by atoms with Crippen molar-refractivity contribution in [2.45, 2.75) is 33.1 Å². The Bertz CT molecular complexity index is 309. The molecule has 0 aromatic rings. The van der Waals surface area contributed by atoms with Gasteiger partial charge in [0.2, 0.25) is 5.91 Å². The summed E-state index contributed by atoms with van der Waals surface area (Å²) in [4.78, 5) is 23.0. The summed E-state index contributed by atoms with van der Waals surface area (Å²) >= 11 is 0. The molecule has 0 radical (unpaired) electrons. The lowest BCUT2D eigenvalue weighted by Gasteiger charge is -2.26. The summed E-state index contributed by atoms with van der Waals surface area (Å²) in [6, 6.07) is 0. The predicted molar refractivity (Wildman–Crippen MR) is 60.4 cm³/mol. The molecule has 4 heteroatoms. The first-order valence-electron chi connectivity index (χ1n) is 5.74. The molecule has 2 atom stereocenters. The summed E-state index contributed by atoms with van der Waals surface area (Å²) in [5, 5.41) is 0. The molecule has 4 nitrogen and oxygen atoms in total. The Labute approximate surface area is 95.8 Å². The van der Waals surface area contributed by atoms with E-state index in [0.29, 0.717) is 12.2 Å². The zero-order valence-corrected chi connectivity index (χ0v) is 9.86. The van der Waals surface area contributed by atoms with E-state index in [2.05, 4.69) is 0 Å². The van der Waals surface area contributed by atoms with Crippen LogP contribution in [0.4, 0.5) is 0 Å². The molecule has 2 N–H and O–H groups in total. The van der Waals surface area contributed by atoms with Crippen molar-refractivity contribution < 1.29 is 14.3 Å². The Morgan fingerprint density at radius 3 is 2.81 bits per heavy atom. The van der Waals surface area contributed by atoms with Gasteiger partial charge in [-0.25, -0.2) is 4.79 Å². The minimum atomic E-state index is -0.488. The number of carbonyl (C=O) groups excluding carboxylic acids is 2. The number of hydrogen-bond donors (Lipinski definition) is 1. The molecule has 1 aliphatic carbocycles. The summed E-state index contributed by atoms with van der Waals surface area (Å²) < 4.78 is 5.04. The van der Waals surface area contributed by atoms with Crippen molar-refractivity contribution in [3.63, 3.8) is 0 Å². The van der Waals surface area contributed by atoms with Gasteiger partial charge in [0, 0.05) is 5.57 Å². The number of amides is 1. The molecule has 0 fully saturated rings. The summed E-state index contributed by atoms with van der Waals surface area (Å²) in [5.41, 5.74) is 5.77. The van der Waals surface area contributed by atoms with Crippen LogP contribution in [0.3, 0.4) is 0 Å². The minimum Gasteiger partial charge on any atom is -0.462 e. The number of ether oxygens (including phenoxy) is 1. The maximum absolute atomic E-state index is 11.7. The molecule has 2 unspecified atom stereocenters. The highest BCUT2D eigenvalue weighted by molar-refractivity contribution is 5.97. The van der Waals surface area contributed by atoms with E-state index >= 15 is 0 Å². The number of hydrogen-bond acceptors (Lipinski definition) is 3. The second-order valence-electron chi connectivity index (χ2n) is 4.23. The molecule has 0 heterocycles. The van der Waals surface area contributed by atoms with Crippen LogP contribution < -0.4 is 5.73 Å². The standard InChI is InChI=1S/C12H19NO3/c1-3-7-16-12(15)9-6-4-5-8(2)10(9)11(13)14/h6,8,10H,3-5,7H2,1-2H3,(H2,13,14). The third kappa shape index (κ3) is 2.84. The van der Waals surface area contributed by atoms with Gasteiger partial charge < -0.3 is 10.5 Å². The molecule has 0 aromatic heterocycles.